The van der Waals surface area contributed by atoms with Crippen molar-refractivity contribution in [1.29, 1.82) is 0 Å². The van der Waals surface area contributed by atoms with Gasteiger partial charge in [-0.25, -0.2) is 13.4 Å². The first-order valence-electron chi connectivity index (χ1n) is 12.1. The van der Waals surface area contributed by atoms with Crippen LogP contribution in [-0.4, -0.2) is 53.2 Å². The predicted octanol–water partition coefficient (Wildman–Crippen LogP) is 3.90. The zero-order chi connectivity index (χ0) is 24.3. The molecule has 1 amide bonds. The molecule has 1 aromatic heterocycles. The van der Waals surface area contributed by atoms with Crippen LogP contribution in [-0.2, 0) is 41.3 Å². The first-order valence-corrected chi connectivity index (χ1v) is 13.5. The molecule has 1 fully saturated rings. The van der Waals surface area contributed by atoms with Gasteiger partial charge in [-0.3, -0.25) is 4.79 Å². The molecule has 1 aliphatic heterocycles. The number of aromatic nitrogens is 2. The van der Waals surface area contributed by atoms with Gasteiger partial charge in [-0.1, -0.05) is 37.6 Å². The third kappa shape index (κ3) is 5.18. The second-order valence-electron chi connectivity index (χ2n) is 9.12. The maximum atomic E-state index is 13.0. The lowest BCUT2D eigenvalue weighted by Gasteiger charge is -2.25. The molecule has 0 saturated carbocycles. The van der Waals surface area contributed by atoms with Gasteiger partial charge in [-0.2, -0.15) is 4.31 Å². The smallest absolute Gasteiger partial charge is 0.243 e. The molecule has 0 spiro atoms. The molecule has 7 nitrogen and oxygen atoms in total. The maximum absolute atomic E-state index is 13.0. The standard InChI is InChI=1S/C26H34N4O3S/c1-4-20-8-10-21(11-9-20)19-28(2)26(31)15-14-25-27-23-18-22(12-13-24(23)29(25)3)34(32,33)30-16-6-5-7-17-30/h8-13,18H,4-7,14-17,19H2,1-3H3. The Bertz CT molecular complexity index is 1260. The molecule has 0 aliphatic carbocycles. The van der Waals surface area contributed by atoms with E-state index >= 15 is 0 Å². The summed E-state index contributed by atoms with van der Waals surface area (Å²) in [4.78, 5) is 19.4. The number of carbonyl (C=O) groups is 1. The Hall–Kier alpha value is -2.71. The number of benzene rings is 2. The van der Waals surface area contributed by atoms with E-state index in [1.807, 2.05) is 24.7 Å². The quantitative estimate of drug-likeness (QED) is 0.488. The Morgan fingerprint density at radius 2 is 1.71 bits per heavy atom. The van der Waals surface area contributed by atoms with Crippen LogP contribution in [0.15, 0.2) is 47.4 Å². The molecule has 0 bridgehead atoms. The summed E-state index contributed by atoms with van der Waals surface area (Å²) in [5.74, 6) is 0.830. The van der Waals surface area contributed by atoms with Gasteiger partial charge < -0.3 is 9.47 Å². The van der Waals surface area contributed by atoms with Gasteiger partial charge >= 0.3 is 0 Å². The van der Waals surface area contributed by atoms with Crippen molar-refractivity contribution in [2.45, 2.75) is 56.9 Å². The van der Waals surface area contributed by atoms with E-state index in [4.69, 9.17) is 0 Å². The summed E-state index contributed by atoms with van der Waals surface area (Å²) in [7, 11) is 0.227. The molecular formula is C26H34N4O3S. The number of rotatable bonds is 8. The van der Waals surface area contributed by atoms with E-state index in [0.717, 1.165) is 42.6 Å². The topological polar surface area (TPSA) is 75.5 Å². The fourth-order valence-electron chi connectivity index (χ4n) is 4.52. The third-order valence-electron chi connectivity index (χ3n) is 6.74. The van der Waals surface area contributed by atoms with Crippen LogP contribution in [0.3, 0.4) is 0 Å². The van der Waals surface area contributed by atoms with E-state index in [2.05, 4.69) is 36.2 Å². The number of hydrogen-bond donors (Lipinski definition) is 0. The highest BCUT2D eigenvalue weighted by Gasteiger charge is 2.26. The lowest BCUT2D eigenvalue weighted by atomic mass is 10.1. The van der Waals surface area contributed by atoms with Gasteiger partial charge in [0.15, 0.2) is 0 Å². The van der Waals surface area contributed by atoms with Crippen LogP contribution in [0.5, 0.6) is 0 Å². The number of sulfonamides is 1. The number of amides is 1. The summed E-state index contributed by atoms with van der Waals surface area (Å²) in [6, 6.07) is 13.5. The fraction of sp³-hybridized carbons (Fsp3) is 0.462. The molecular weight excluding hydrogens is 448 g/mol. The Kier molecular flexibility index (Phi) is 7.38. The minimum absolute atomic E-state index is 0.0555. The normalized spacial score (nSPS) is 15.0. The van der Waals surface area contributed by atoms with E-state index in [0.29, 0.717) is 38.0 Å². The van der Waals surface area contributed by atoms with Gasteiger partial charge in [-0.05, 0) is 48.6 Å². The van der Waals surface area contributed by atoms with Crippen molar-refractivity contribution in [1.82, 2.24) is 18.8 Å². The highest BCUT2D eigenvalue weighted by Crippen LogP contribution is 2.25. The van der Waals surface area contributed by atoms with Crippen LogP contribution in [0.25, 0.3) is 11.0 Å². The summed E-state index contributed by atoms with van der Waals surface area (Å²) >= 11 is 0. The average molecular weight is 483 g/mol. The number of nitrogens with zero attached hydrogens (tertiary/aromatic N) is 4. The van der Waals surface area contributed by atoms with Gasteiger partial charge in [0, 0.05) is 46.6 Å². The molecule has 0 unspecified atom stereocenters. The summed E-state index contributed by atoms with van der Waals surface area (Å²) < 4.78 is 29.6. The summed E-state index contributed by atoms with van der Waals surface area (Å²) in [6.07, 6.45) is 4.73. The Morgan fingerprint density at radius 1 is 1.03 bits per heavy atom. The van der Waals surface area contributed by atoms with Crippen LogP contribution in [0.1, 0.15) is 49.6 Å². The largest absolute Gasteiger partial charge is 0.341 e. The molecule has 2 heterocycles. The van der Waals surface area contributed by atoms with Crippen molar-refractivity contribution in [2.75, 3.05) is 20.1 Å². The number of hydrogen-bond acceptors (Lipinski definition) is 4. The first-order chi connectivity index (χ1) is 16.3. The molecule has 0 N–H and O–H groups in total. The number of carbonyl (C=O) groups excluding carboxylic acids is 1. The van der Waals surface area contributed by atoms with E-state index in [1.165, 1.54) is 5.56 Å². The number of piperidine rings is 1. The van der Waals surface area contributed by atoms with Crippen LogP contribution in [0, 0.1) is 0 Å². The molecule has 8 heteroatoms. The maximum Gasteiger partial charge on any atom is 0.243 e. The molecule has 0 radical (unpaired) electrons. The minimum Gasteiger partial charge on any atom is -0.341 e. The van der Waals surface area contributed by atoms with Crippen molar-refractivity contribution < 1.29 is 13.2 Å². The van der Waals surface area contributed by atoms with E-state index in [-0.39, 0.29) is 10.8 Å². The summed E-state index contributed by atoms with van der Waals surface area (Å²) in [5, 5.41) is 0. The Balaban J connectivity index is 1.43. The van der Waals surface area contributed by atoms with E-state index in [1.54, 1.807) is 21.3 Å². The Labute approximate surface area is 202 Å². The highest BCUT2D eigenvalue weighted by atomic mass is 32.2. The van der Waals surface area contributed by atoms with Crippen molar-refractivity contribution in [3.05, 3.63) is 59.4 Å². The van der Waals surface area contributed by atoms with Crippen LogP contribution in [0.2, 0.25) is 0 Å². The van der Waals surface area contributed by atoms with Gasteiger partial charge in [0.1, 0.15) is 5.82 Å². The lowest BCUT2D eigenvalue weighted by molar-refractivity contribution is -0.130. The molecule has 2 aromatic carbocycles. The Morgan fingerprint density at radius 3 is 2.38 bits per heavy atom. The summed E-state index contributed by atoms with van der Waals surface area (Å²) in [5.41, 5.74) is 3.90. The molecule has 34 heavy (non-hydrogen) atoms. The lowest BCUT2D eigenvalue weighted by Crippen LogP contribution is -2.35. The first kappa shape index (κ1) is 24.4. The number of imidazole rings is 1. The SMILES string of the molecule is CCc1ccc(CN(C)C(=O)CCc2nc3cc(S(=O)(=O)N4CCCCC4)ccc3n2C)cc1. The molecule has 1 saturated heterocycles. The molecule has 182 valence electrons. The molecule has 1 aliphatic rings. The highest BCUT2D eigenvalue weighted by molar-refractivity contribution is 7.89. The van der Waals surface area contributed by atoms with Crippen molar-refractivity contribution in [3.8, 4) is 0 Å². The molecule has 0 atom stereocenters. The van der Waals surface area contributed by atoms with Crippen LogP contribution < -0.4 is 0 Å². The van der Waals surface area contributed by atoms with Gasteiger partial charge in [0.25, 0.3) is 0 Å². The number of fused-ring (bicyclic) bond motifs is 1. The molecule has 4 rings (SSSR count). The van der Waals surface area contributed by atoms with Gasteiger partial charge in [-0.15, -0.1) is 0 Å². The molecule has 3 aromatic rings. The average Bonchev–Trinajstić information content (AvgIpc) is 3.18. The minimum atomic E-state index is -3.51. The van der Waals surface area contributed by atoms with Crippen LogP contribution >= 0.6 is 0 Å². The fourth-order valence-corrected chi connectivity index (χ4v) is 6.06. The van der Waals surface area contributed by atoms with Crippen LogP contribution in [0.4, 0.5) is 0 Å². The van der Waals surface area contributed by atoms with E-state index < -0.39 is 10.0 Å². The monoisotopic (exact) mass is 482 g/mol. The third-order valence-corrected chi connectivity index (χ3v) is 8.63. The predicted molar refractivity (Wildman–Crippen MR) is 134 cm³/mol. The van der Waals surface area contributed by atoms with Crippen molar-refractivity contribution in [3.63, 3.8) is 0 Å². The second-order valence-corrected chi connectivity index (χ2v) is 11.1. The summed E-state index contributed by atoms with van der Waals surface area (Å²) in [6.45, 7) is 3.85. The van der Waals surface area contributed by atoms with Gasteiger partial charge in [0.2, 0.25) is 15.9 Å². The zero-order valence-corrected chi connectivity index (χ0v) is 21.1. The van der Waals surface area contributed by atoms with E-state index in [9.17, 15) is 13.2 Å². The van der Waals surface area contributed by atoms with Crippen molar-refractivity contribution in [2.24, 2.45) is 7.05 Å². The van der Waals surface area contributed by atoms with Crippen molar-refractivity contribution >= 4 is 27.0 Å². The van der Waals surface area contributed by atoms with Gasteiger partial charge in [0.05, 0.1) is 15.9 Å². The second kappa shape index (κ2) is 10.3. The zero-order valence-electron chi connectivity index (χ0n) is 20.3. The number of aryl methyl sites for hydroxylation is 3.